The summed E-state index contributed by atoms with van der Waals surface area (Å²) in [5.74, 6) is 1.73. The number of hydrogen-bond acceptors (Lipinski definition) is 4. The molecule has 1 aliphatic carbocycles. The van der Waals surface area contributed by atoms with Crippen molar-refractivity contribution in [1.82, 2.24) is 10.2 Å². The smallest absolute Gasteiger partial charge is 0.227 e. The Morgan fingerprint density at radius 2 is 2.32 bits per heavy atom. The Hall–Kier alpha value is -1.07. The van der Waals surface area contributed by atoms with Crippen LogP contribution in [0, 0.1) is 11.8 Å². The quantitative estimate of drug-likeness (QED) is 0.751. The molecule has 2 fully saturated rings. The fourth-order valence-electron chi connectivity index (χ4n) is 4.18. The van der Waals surface area contributed by atoms with Gasteiger partial charge in [-0.15, -0.1) is 11.8 Å². The highest BCUT2D eigenvalue weighted by Gasteiger charge is 2.54. The van der Waals surface area contributed by atoms with E-state index >= 15 is 0 Å². The zero-order chi connectivity index (χ0) is 15.0. The van der Waals surface area contributed by atoms with Crippen LogP contribution in [0.15, 0.2) is 29.4 Å². The molecule has 0 radical (unpaired) electrons. The lowest BCUT2D eigenvalue weighted by Gasteiger charge is -2.39. The maximum atomic E-state index is 13.1. The van der Waals surface area contributed by atoms with E-state index in [-0.39, 0.29) is 10.7 Å². The number of carbonyl (C=O) groups is 1. The second-order valence-electron chi connectivity index (χ2n) is 6.56. The van der Waals surface area contributed by atoms with Crippen molar-refractivity contribution in [1.29, 1.82) is 0 Å². The van der Waals surface area contributed by atoms with E-state index in [0.29, 0.717) is 11.8 Å². The number of allylic oxidation sites excluding steroid dienone is 3. The Labute approximate surface area is 136 Å². The normalized spacial score (nSPS) is 37.3. The van der Waals surface area contributed by atoms with Crippen LogP contribution in [-0.4, -0.2) is 53.2 Å². The summed E-state index contributed by atoms with van der Waals surface area (Å²) in [6, 6.07) is 0. The van der Waals surface area contributed by atoms with Gasteiger partial charge in [-0.1, -0.05) is 18.2 Å². The van der Waals surface area contributed by atoms with Gasteiger partial charge in [0, 0.05) is 49.6 Å². The molecule has 1 amide bonds. The molecule has 2 saturated heterocycles. The molecule has 3 heterocycles. The van der Waals surface area contributed by atoms with Gasteiger partial charge in [-0.05, 0) is 19.4 Å². The van der Waals surface area contributed by atoms with Gasteiger partial charge in [0.05, 0.1) is 10.7 Å². The van der Waals surface area contributed by atoms with Crippen LogP contribution in [0.1, 0.15) is 19.3 Å². The number of rotatable bonds is 1. The summed E-state index contributed by atoms with van der Waals surface area (Å²) in [4.78, 5) is 19.8. The standard InChI is InChI=1S/C17H23N3OS/c21-16(20-10-3-7-18-9-11-20)13-12-22-17-6-2-1-4-15(17)19-8-5-14(13)17/h1-2,5,8,13-14,18H,3-4,6-7,9-12H2. The monoisotopic (exact) mass is 317 g/mol. The molecule has 0 aromatic carbocycles. The summed E-state index contributed by atoms with van der Waals surface area (Å²) >= 11 is 1.97. The third kappa shape index (κ3) is 2.26. The first-order valence-electron chi connectivity index (χ1n) is 8.33. The predicted octanol–water partition coefficient (Wildman–Crippen LogP) is 1.84. The van der Waals surface area contributed by atoms with Gasteiger partial charge in [-0.2, -0.15) is 0 Å². The minimum Gasteiger partial charge on any atom is -0.341 e. The SMILES string of the molecule is O=C(C1CSC23CC=CCC2=NC=CC13)N1CCCNCC1. The molecule has 1 N–H and O–H groups in total. The van der Waals surface area contributed by atoms with Crippen molar-refractivity contribution in [2.24, 2.45) is 16.8 Å². The largest absolute Gasteiger partial charge is 0.341 e. The second kappa shape index (κ2) is 5.85. The van der Waals surface area contributed by atoms with E-state index in [9.17, 15) is 4.79 Å². The average molecular weight is 317 g/mol. The van der Waals surface area contributed by atoms with Crippen LogP contribution in [-0.2, 0) is 4.79 Å². The molecular formula is C17H23N3OS. The fraction of sp³-hybridized carbons (Fsp3) is 0.647. The topological polar surface area (TPSA) is 44.7 Å². The number of thioether (sulfide) groups is 1. The molecule has 118 valence electrons. The van der Waals surface area contributed by atoms with E-state index in [1.54, 1.807) is 0 Å². The Bertz CT molecular complexity index is 548. The Kier molecular flexibility index (Phi) is 3.86. The van der Waals surface area contributed by atoms with Crippen LogP contribution in [0.3, 0.4) is 0 Å². The number of hydrogen-bond donors (Lipinski definition) is 1. The molecule has 0 saturated carbocycles. The highest BCUT2D eigenvalue weighted by Crippen LogP contribution is 2.54. The number of carbonyl (C=O) groups excluding carboxylic acids is 1. The first-order chi connectivity index (χ1) is 10.8. The first-order valence-corrected chi connectivity index (χ1v) is 9.32. The Morgan fingerprint density at radius 1 is 1.36 bits per heavy atom. The third-order valence-corrected chi connectivity index (χ3v) is 7.09. The Balaban J connectivity index is 1.57. The maximum absolute atomic E-state index is 13.1. The second-order valence-corrected chi connectivity index (χ2v) is 7.91. The lowest BCUT2D eigenvalue weighted by Crippen LogP contribution is -2.47. The molecule has 22 heavy (non-hydrogen) atoms. The van der Waals surface area contributed by atoms with Crippen molar-refractivity contribution >= 4 is 23.4 Å². The molecule has 4 nitrogen and oxygen atoms in total. The van der Waals surface area contributed by atoms with Gasteiger partial charge in [0.1, 0.15) is 0 Å². The molecule has 0 aromatic rings. The third-order valence-electron chi connectivity index (χ3n) is 5.37. The van der Waals surface area contributed by atoms with Gasteiger partial charge in [-0.3, -0.25) is 9.79 Å². The highest BCUT2D eigenvalue weighted by atomic mass is 32.2. The first kappa shape index (κ1) is 14.5. The summed E-state index contributed by atoms with van der Waals surface area (Å²) in [6.07, 6.45) is 11.7. The van der Waals surface area contributed by atoms with Gasteiger partial charge < -0.3 is 10.2 Å². The van der Waals surface area contributed by atoms with Crippen LogP contribution < -0.4 is 5.32 Å². The van der Waals surface area contributed by atoms with Crippen molar-refractivity contribution in [2.45, 2.75) is 24.0 Å². The van der Waals surface area contributed by atoms with Gasteiger partial charge in [0.25, 0.3) is 0 Å². The number of nitrogens with one attached hydrogen (secondary N) is 1. The molecule has 3 unspecified atom stereocenters. The van der Waals surface area contributed by atoms with Crippen LogP contribution in [0.25, 0.3) is 0 Å². The predicted molar refractivity (Wildman–Crippen MR) is 91.2 cm³/mol. The summed E-state index contributed by atoms with van der Waals surface area (Å²) in [6.45, 7) is 3.70. The van der Waals surface area contributed by atoms with E-state index in [1.807, 2.05) is 18.0 Å². The van der Waals surface area contributed by atoms with Crippen LogP contribution in [0.4, 0.5) is 0 Å². The van der Waals surface area contributed by atoms with Crippen molar-refractivity contribution in [2.75, 3.05) is 31.9 Å². The maximum Gasteiger partial charge on any atom is 0.227 e. The fourth-order valence-corrected chi connectivity index (χ4v) is 5.96. The van der Waals surface area contributed by atoms with E-state index in [1.165, 1.54) is 5.71 Å². The molecule has 5 heteroatoms. The minimum atomic E-state index is 0.0634. The number of nitrogens with zero attached hydrogens (tertiary/aromatic N) is 2. The van der Waals surface area contributed by atoms with Crippen molar-refractivity contribution in [3.8, 4) is 0 Å². The average Bonchev–Trinajstić information content (AvgIpc) is 2.74. The number of amides is 1. The van der Waals surface area contributed by atoms with E-state index < -0.39 is 0 Å². The summed E-state index contributed by atoms with van der Waals surface area (Å²) in [5, 5.41) is 3.38. The van der Waals surface area contributed by atoms with E-state index in [4.69, 9.17) is 0 Å². The van der Waals surface area contributed by atoms with Crippen molar-refractivity contribution < 1.29 is 4.79 Å². The molecule has 1 spiro atoms. The van der Waals surface area contributed by atoms with Gasteiger partial charge >= 0.3 is 0 Å². The van der Waals surface area contributed by atoms with Gasteiger partial charge in [0.15, 0.2) is 0 Å². The molecular weight excluding hydrogens is 294 g/mol. The number of aliphatic imine (C=N–C) groups is 1. The summed E-state index contributed by atoms with van der Waals surface area (Å²) in [7, 11) is 0. The minimum absolute atomic E-state index is 0.0634. The highest BCUT2D eigenvalue weighted by molar-refractivity contribution is 8.01. The molecule has 4 aliphatic rings. The lowest BCUT2D eigenvalue weighted by atomic mass is 9.73. The molecule has 4 rings (SSSR count). The van der Waals surface area contributed by atoms with Crippen LogP contribution >= 0.6 is 11.8 Å². The van der Waals surface area contributed by atoms with Crippen LogP contribution in [0.2, 0.25) is 0 Å². The molecule has 0 aromatic heterocycles. The van der Waals surface area contributed by atoms with E-state index in [0.717, 1.165) is 51.2 Å². The van der Waals surface area contributed by atoms with E-state index in [2.05, 4.69) is 33.4 Å². The summed E-state index contributed by atoms with van der Waals surface area (Å²) < 4.78 is 0.0634. The van der Waals surface area contributed by atoms with Gasteiger partial charge in [0.2, 0.25) is 5.91 Å². The van der Waals surface area contributed by atoms with Crippen LogP contribution in [0.5, 0.6) is 0 Å². The molecule has 3 aliphatic heterocycles. The zero-order valence-electron chi connectivity index (χ0n) is 12.8. The lowest BCUT2D eigenvalue weighted by molar-refractivity contribution is -0.135. The Morgan fingerprint density at radius 3 is 3.27 bits per heavy atom. The summed E-state index contributed by atoms with van der Waals surface area (Å²) in [5.41, 5.74) is 1.28. The zero-order valence-corrected chi connectivity index (χ0v) is 13.6. The molecule has 0 bridgehead atoms. The van der Waals surface area contributed by atoms with Crippen molar-refractivity contribution in [3.05, 3.63) is 24.4 Å². The van der Waals surface area contributed by atoms with Crippen molar-refractivity contribution in [3.63, 3.8) is 0 Å². The molecule has 3 atom stereocenters. The van der Waals surface area contributed by atoms with Gasteiger partial charge in [-0.25, -0.2) is 0 Å².